The molecule has 0 radical (unpaired) electrons. The lowest BCUT2D eigenvalue weighted by atomic mass is 10.00. The van der Waals surface area contributed by atoms with E-state index in [1.54, 1.807) is 24.1 Å². The Morgan fingerprint density at radius 2 is 2.27 bits per heavy atom. The third-order valence-electron chi connectivity index (χ3n) is 2.70. The van der Waals surface area contributed by atoms with Gasteiger partial charge in [-0.1, -0.05) is 6.07 Å². The van der Waals surface area contributed by atoms with Gasteiger partial charge in [0.15, 0.2) is 0 Å². The lowest BCUT2D eigenvalue weighted by molar-refractivity contribution is 0.194. The van der Waals surface area contributed by atoms with Crippen molar-refractivity contribution in [2.24, 2.45) is 0 Å². The quantitative estimate of drug-likeness (QED) is 0.667. The average molecular weight is 206 g/mol. The van der Waals surface area contributed by atoms with Gasteiger partial charge in [0.1, 0.15) is 5.75 Å². The highest BCUT2D eigenvalue weighted by Crippen LogP contribution is 2.22. The predicted molar refractivity (Wildman–Crippen MR) is 56.7 cm³/mol. The molecule has 0 fully saturated rings. The zero-order valence-corrected chi connectivity index (χ0v) is 8.66. The monoisotopic (exact) mass is 206 g/mol. The van der Waals surface area contributed by atoms with Gasteiger partial charge in [0.25, 0.3) is 0 Å². The maximum absolute atomic E-state index is 11.4. The number of carbonyl (C=O) groups is 1. The van der Waals surface area contributed by atoms with Crippen molar-refractivity contribution in [3.63, 3.8) is 0 Å². The van der Waals surface area contributed by atoms with Gasteiger partial charge >= 0.3 is 6.03 Å². The maximum Gasteiger partial charge on any atom is 0.317 e. The Morgan fingerprint density at radius 3 is 3.00 bits per heavy atom. The molecule has 1 aromatic rings. The Bertz CT molecular complexity index is 390. The van der Waals surface area contributed by atoms with Crippen molar-refractivity contribution in [1.29, 1.82) is 0 Å². The zero-order chi connectivity index (χ0) is 10.8. The van der Waals surface area contributed by atoms with E-state index in [1.807, 2.05) is 6.07 Å². The number of phenolic OH excluding ortho intramolecular Hbond substituents is 1. The number of nitrogens with one attached hydrogen (secondary N) is 1. The second kappa shape index (κ2) is 3.81. The molecule has 4 nitrogen and oxygen atoms in total. The van der Waals surface area contributed by atoms with Crippen molar-refractivity contribution in [2.45, 2.75) is 13.0 Å². The van der Waals surface area contributed by atoms with Crippen molar-refractivity contribution in [3.05, 3.63) is 29.3 Å². The summed E-state index contributed by atoms with van der Waals surface area (Å²) in [5.74, 6) is 0.294. The van der Waals surface area contributed by atoms with Crippen LogP contribution in [0.15, 0.2) is 18.2 Å². The highest BCUT2D eigenvalue weighted by atomic mass is 16.3. The fourth-order valence-corrected chi connectivity index (χ4v) is 1.87. The van der Waals surface area contributed by atoms with Gasteiger partial charge in [-0.2, -0.15) is 0 Å². The minimum atomic E-state index is -0.0475. The summed E-state index contributed by atoms with van der Waals surface area (Å²) in [6.45, 7) is 1.32. The number of carbonyl (C=O) groups excluding carboxylic acids is 1. The van der Waals surface area contributed by atoms with Crippen LogP contribution in [0.4, 0.5) is 4.79 Å². The molecule has 1 aliphatic heterocycles. The van der Waals surface area contributed by atoms with Crippen LogP contribution in [0.2, 0.25) is 0 Å². The minimum Gasteiger partial charge on any atom is -0.508 e. The lowest BCUT2D eigenvalue weighted by Crippen LogP contribution is -2.41. The summed E-state index contributed by atoms with van der Waals surface area (Å²) < 4.78 is 0. The van der Waals surface area contributed by atoms with Crippen molar-refractivity contribution >= 4 is 6.03 Å². The Kier molecular flexibility index (Phi) is 2.49. The van der Waals surface area contributed by atoms with Crippen LogP contribution in [-0.2, 0) is 13.0 Å². The molecular formula is C11H14N2O2. The predicted octanol–water partition coefficient (Wildman–Crippen LogP) is 1.09. The summed E-state index contributed by atoms with van der Waals surface area (Å²) in [4.78, 5) is 13.2. The number of phenols is 1. The molecule has 80 valence electrons. The Hall–Kier alpha value is -1.71. The van der Waals surface area contributed by atoms with E-state index in [0.717, 1.165) is 17.5 Å². The summed E-state index contributed by atoms with van der Waals surface area (Å²) in [5.41, 5.74) is 2.25. The van der Waals surface area contributed by atoms with Gasteiger partial charge in [0, 0.05) is 20.1 Å². The normalized spacial score (nSPS) is 14.6. The van der Waals surface area contributed by atoms with Gasteiger partial charge in [0.2, 0.25) is 0 Å². The largest absolute Gasteiger partial charge is 0.508 e. The molecule has 0 atom stereocenters. The van der Waals surface area contributed by atoms with Gasteiger partial charge in [-0.3, -0.25) is 0 Å². The molecule has 0 saturated carbocycles. The molecular weight excluding hydrogens is 192 g/mol. The molecule has 1 heterocycles. The van der Waals surface area contributed by atoms with E-state index in [9.17, 15) is 9.90 Å². The van der Waals surface area contributed by atoms with E-state index in [2.05, 4.69) is 5.32 Å². The van der Waals surface area contributed by atoms with E-state index in [-0.39, 0.29) is 6.03 Å². The molecule has 2 rings (SSSR count). The highest BCUT2D eigenvalue weighted by molar-refractivity contribution is 5.74. The number of amides is 2. The summed E-state index contributed by atoms with van der Waals surface area (Å²) in [7, 11) is 1.63. The number of hydrogen-bond acceptors (Lipinski definition) is 2. The van der Waals surface area contributed by atoms with Crippen LogP contribution in [0.5, 0.6) is 5.75 Å². The van der Waals surface area contributed by atoms with Crippen LogP contribution in [-0.4, -0.2) is 29.6 Å². The van der Waals surface area contributed by atoms with Crippen molar-refractivity contribution in [1.82, 2.24) is 10.2 Å². The van der Waals surface area contributed by atoms with Crippen LogP contribution in [0.3, 0.4) is 0 Å². The molecule has 0 aliphatic carbocycles. The van der Waals surface area contributed by atoms with E-state index < -0.39 is 0 Å². The minimum absolute atomic E-state index is 0.0475. The Morgan fingerprint density at radius 1 is 1.47 bits per heavy atom. The number of rotatable bonds is 0. The molecule has 0 saturated heterocycles. The average Bonchev–Trinajstić information content (AvgIpc) is 2.27. The van der Waals surface area contributed by atoms with E-state index >= 15 is 0 Å². The van der Waals surface area contributed by atoms with E-state index in [0.29, 0.717) is 18.8 Å². The number of fused-ring (bicyclic) bond motifs is 1. The van der Waals surface area contributed by atoms with Crippen molar-refractivity contribution in [2.75, 3.05) is 13.6 Å². The Balaban J connectivity index is 2.20. The van der Waals surface area contributed by atoms with Gasteiger partial charge in [0.05, 0.1) is 0 Å². The van der Waals surface area contributed by atoms with Gasteiger partial charge in [-0.25, -0.2) is 4.79 Å². The Labute approximate surface area is 88.5 Å². The van der Waals surface area contributed by atoms with Crippen LogP contribution < -0.4 is 5.32 Å². The van der Waals surface area contributed by atoms with E-state index in [1.165, 1.54) is 0 Å². The zero-order valence-electron chi connectivity index (χ0n) is 8.66. The summed E-state index contributed by atoms with van der Waals surface area (Å²) >= 11 is 0. The first-order valence-electron chi connectivity index (χ1n) is 4.98. The van der Waals surface area contributed by atoms with Gasteiger partial charge < -0.3 is 15.3 Å². The molecule has 2 amide bonds. The van der Waals surface area contributed by atoms with Gasteiger partial charge in [-0.05, 0) is 29.7 Å². The number of aromatic hydroxyl groups is 1. The lowest BCUT2D eigenvalue weighted by Gasteiger charge is -2.28. The first kappa shape index (κ1) is 9.83. The molecule has 1 aromatic carbocycles. The second-order valence-electron chi connectivity index (χ2n) is 3.68. The van der Waals surface area contributed by atoms with Crippen LogP contribution in [0, 0.1) is 0 Å². The summed E-state index contributed by atoms with van der Waals surface area (Å²) in [6, 6.07) is 5.26. The standard InChI is InChI=1S/C11H14N2O2/c1-12-11(15)13-5-4-8-6-10(14)3-2-9(8)7-13/h2-3,6,14H,4-5,7H2,1H3,(H,12,15). The van der Waals surface area contributed by atoms with Crippen molar-refractivity contribution in [3.8, 4) is 5.75 Å². The van der Waals surface area contributed by atoms with Crippen LogP contribution >= 0.6 is 0 Å². The molecule has 0 aromatic heterocycles. The molecule has 0 spiro atoms. The van der Waals surface area contributed by atoms with Crippen LogP contribution in [0.25, 0.3) is 0 Å². The number of benzene rings is 1. The number of hydrogen-bond donors (Lipinski definition) is 2. The number of nitrogens with zero attached hydrogens (tertiary/aromatic N) is 1. The second-order valence-corrected chi connectivity index (χ2v) is 3.68. The number of urea groups is 1. The fourth-order valence-electron chi connectivity index (χ4n) is 1.87. The topological polar surface area (TPSA) is 52.6 Å². The van der Waals surface area contributed by atoms with Crippen molar-refractivity contribution < 1.29 is 9.90 Å². The highest BCUT2D eigenvalue weighted by Gasteiger charge is 2.19. The SMILES string of the molecule is CNC(=O)N1CCc2cc(O)ccc2C1. The molecule has 1 aliphatic rings. The molecule has 4 heteroatoms. The molecule has 15 heavy (non-hydrogen) atoms. The molecule has 0 unspecified atom stereocenters. The summed E-state index contributed by atoms with van der Waals surface area (Å²) in [5, 5.41) is 11.9. The molecule has 2 N–H and O–H groups in total. The first-order valence-corrected chi connectivity index (χ1v) is 4.98. The fraction of sp³-hybridized carbons (Fsp3) is 0.364. The van der Waals surface area contributed by atoms with Gasteiger partial charge in [-0.15, -0.1) is 0 Å². The molecule has 0 bridgehead atoms. The smallest absolute Gasteiger partial charge is 0.317 e. The third kappa shape index (κ3) is 1.88. The maximum atomic E-state index is 11.4. The van der Waals surface area contributed by atoms with E-state index in [4.69, 9.17) is 0 Å². The third-order valence-corrected chi connectivity index (χ3v) is 2.70. The first-order chi connectivity index (χ1) is 7.20. The summed E-state index contributed by atoms with van der Waals surface area (Å²) in [6.07, 6.45) is 0.803. The van der Waals surface area contributed by atoms with Crippen LogP contribution in [0.1, 0.15) is 11.1 Å².